The molecular formula is C20H23N2O3S2+. The minimum Gasteiger partial charge on any atom is -0.286 e. The smallest absolute Gasteiger partial charge is 0.265 e. The molecule has 0 spiro atoms. The highest BCUT2D eigenvalue weighted by Crippen LogP contribution is 2.35. The maximum Gasteiger partial charge on any atom is 0.265 e. The first-order valence-corrected chi connectivity index (χ1v) is 11.2. The van der Waals surface area contributed by atoms with E-state index in [0.29, 0.717) is 13.0 Å². The van der Waals surface area contributed by atoms with Crippen molar-refractivity contribution in [3.05, 3.63) is 59.5 Å². The highest BCUT2D eigenvalue weighted by Gasteiger charge is 2.13. The van der Waals surface area contributed by atoms with Gasteiger partial charge in [-0.15, -0.1) is 11.3 Å². The van der Waals surface area contributed by atoms with Gasteiger partial charge in [-0.2, -0.15) is 8.42 Å². The third-order valence-electron chi connectivity index (χ3n) is 4.52. The summed E-state index contributed by atoms with van der Waals surface area (Å²) in [5, 5.41) is 0.964. The predicted molar refractivity (Wildman–Crippen MR) is 108 cm³/mol. The van der Waals surface area contributed by atoms with E-state index in [1.165, 1.54) is 21.6 Å². The summed E-state index contributed by atoms with van der Waals surface area (Å²) < 4.78 is 32.3. The average molecular weight is 404 g/mol. The molecule has 7 heteroatoms. The number of nitrogens with zero attached hydrogens (tertiary/aromatic N) is 2. The Morgan fingerprint density at radius 3 is 2.37 bits per heavy atom. The Bertz CT molecular complexity index is 1060. The second-order valence-electron chi connectivity index (χ2n) is 6.70. The molecule has 0 radical (unpaired) electrons. The van der Waals surface area contributed by atoms with Crippen LogP contribution in [0.25, 0.3) is 21.0 Å². The summed E-state index contributed by atoms with van der Waals surface area (Å²) in [7, 11) is -3.90. The third-order valence-corrected chi connectivity index (χ3v) is 6.58. The van der Waals surface area contributed by atoms with Crippen molar-refractivity contribution in [2.24, 2.45) is 0 Å². The molecular weight excluding hydrogens is 380 g/mol. The second kappa shape index (κ2) is 7.88. The third kappa shape index (κ3) is 5.00. The topological polar surface area (TPSA) is 71.1 Å². The molecule has 3 aromatic rings. The van der Waals surface area contributed by atoms with Gasteiger partial charge < -0.3 is 0 Å². The van der Waals surface area contributed by atoms with E-state index in [4.69, 9.17) is 9.54 Å². The molecule has 0 aliphatic heterocycles. The number of rotatable bonds is 6. The van der Waals surface area contributed by atoms with Crippen LogP contribution >= 0.6 is 11.3 Å². The number of aryl methyl sites for hydroxylation is 4. The van der Waals surface area contributed by atoms with Crippen molar-refractivity contribution in [2.45, 2.75) is 33.7 Å². The highest BCUT2D eigenvalue weighted by atomic mass is 32.2. The number of thiazole rings is 1. The fraction of sp³-hybridized carbons (Fsp3) is 0.300. The molecule has 142 valence electrons. The van der Waals surface area contributed by atoms with E-state index in [1.807, 2.05) is 36.0 Å². The molecule has 2 heterocycles. The molecule has 0 saturated heterocycles. The van der Waals surface area contributed by atoms with Crippen LogP contribution in [-0.4, -0.2) is 23.7 Å². The Balaban J connectivity index is 1.78. The van der Waals surface area contributed by atoms with Crippen LogP contribution in [0.15, 0.2) is 42.7 Å². The number of aromatic nitrogens is 2. The second-order valence-corrected chi connectivity index (χ2v) is 9.27. The molecule has 0 aliphatic carbocycles. The molecule has 27 heavy (non-hydrogen) atoms. The number of benzene rings is 1. The van der Waals surface area contributed by atoms with E-state index >= 15 is 0 Å². The molecule has 2 aromatic heterocycles. The zero-order valence-electron chi connectivity index (χ0n) is 15.6. The Morgan fingerprint density at radius 2 is 1.74 bits per heavy atom. The van der Waals surface area contributed by atoms with Crippen molar-refractivity contribution in [2.75, 3.05) is 5.75 Å². The van der Waals surface area contributed by atoms with Crippen molar-refractivity contribution in [1.29, 1.82) is 0 Å². The highest BCUT2D eigenvalue weighted by molar-refractivity contribution is 7.85. The van der Waals surface area contributed by atoms with Crippen LogP contribution in [0.2, 0.25) is 0 Å². The molecule has 0 saturated carbocycles. The van der Waals surface area contributed by atoms with Gasteiger partial charge in [-0.3, -0.25) is 4.55 Å². The maximum atomic E-state index is 10.8. The molecule has 1 N–H and O–H groups in total. The standard InChI is InChI=1S/C20H22N2O3S2/c1-14-5-6-18(13-15(14)2)19-16(3)21-20(26-19)17-7-10-22(11-8-17)9-4-12-27(23,24)25/h5-8,10-11,13H,4,9,12H2,1-3H3/p+1. The van der Waals surface area contributed by atoms with Crippen LogP contribution < -0.4 is 4.57 Å². The molecule has 5 nitrogen and oxygen atoms in total. The first-order chi connectivity index (χ1) is 12.7. The molecule has 0 unspecified atom stereocenters. The van der Waals surface area contributed by atoms with Crippen LogP contribution in [0.4, 0.5) is 0 Å². The quantitative estimate of drug-likeness (QED) is 0.499. The Hall–Kier alpha value is -2.09. The minimum absolute atomic E-state index is 0.229. The van der Waals surface area contributed by atoms with E-state index in [1.54, 1.807) is 11.3 Å². The molecule has 0 aliphatic rings. The Morgan fingerprint density at radius 1 is 1.04 bits per heavy atom. The summed E-state index contributed by atoms with van der Waals surface area (Å²) in [5.41, 5.74) is 5.79. The Labute approximate surface area is 164 Å². The first-order valence-electron chi connectivity index (χ1n) is 8.72. The lowest BCUT2D eigenvalue weighted by Crippen LogP contribution is -2.33. The number of hydrogen-bond acceptors (Lipinski definition) is 4. The summed E-state index contributed by atoms with van der Waals surface area (Å²) in [4.78, 5) is 5.91. The van der Waals surface area contributed by atoms with E-state index in [9.17, 15) is 8.42 Å². The summed E-state index contributed by atoms with van der Waals surface area (Å²) in [6, 6.07) is 10.4. The summed E-state index contributed by atoms with van der Waals surface area (Å²) in [5.74, 6) is -0.229. The van der Waals surface area contributed by atoms with Gasteiger partial charge in [0.1, 0.15) is 11.6 Å². The van der Waals surface area contributed by atoms with E-state index in [0.717, 1.165) is 16.3 Å². The van der Waals surface area contributed by atoms with Gasteiger partial charge in [-0.05, 0) is 37.5 Å². The molecule has 1 aromatic carbocycles. The SMILES string of the molecule is Cc1ccc(-c2sc(-c3cc[n+](CCCS(=O)(=O)O)cc3)nc2C)cc1C. The van der Waals surface area contributed by atoms with Crippen LogP contribution in [-0.2, 0) is 16.7 Å². The molecule has 0 bridgehead atoms. The van der Waals surface area contributed by atoms with E-state index < -0.39 is 10.1 Å². The van der Waals surface area contributed by atoms with Crippen LogP contribution in [0, 0.1) is 20.8 Å². The molecule has 0 amide bonds. The van der Waals surface area contributed by atoms with Gasteiger partial charge in [0.15, 0.2) is 12.4 Å². The van der Waals surface area contributed by atoms with Crippen molar-refractivity contribution >= 4 is 21.5 Å². The van der Waals surface area contributed by atoms with Gasteiger partial charge in [0.2, 0.25) is 0 Å². The largest absolute Gasteiger partial charge is 0.286 e. The van der Waals surface area contributed by atoms with Gasteiger partial charge in [0.05, 0.1) is 16.3 Å². The van der Waals surface area contributed by atoms with Gasteiger partial charge >= 0.3 is 0 Å². The fourth-order valence-electron chi connectivity index (χ4n) is 2.85. The zero-order valence-corrected chi connectivity index (χ0v) is 17.3. The van der Waals surface area contributed by atoms with Crippen molar-refractivity contribution in [3.8, 4) is 21.0 Å². The fourth-order valence-corrected chi connectivity index (χ4v) is 4.41. The number of hydrogen-bond donors (Lipinski definition) is 1. The van der Waals surface area contributed by atoms with Crippen LogP contribution in [0.1, 0.15) is 23.2 Å². The summed E-state index contributed by atoms with van der Waals surface area (Å²) >= 11 is 1.67. The summed E-state index contributed by atoms with van der Waals surface area (Å²) in [6.07, 6.45) is 4.19. The maximum absolute atomic E-state index is 10.8. The van der Waals surface area contributed by atoms with Gasteiger partial charge in [-0.1, -0.05) is 18.2 Å². The van der Waals surface area contributed by atoms with Gasteiger partial charge in [-0.25, -0.2) is 9.55 Å². The van der Waals surface area contributed by atoms with Crippen molar-refractivity contribution < 1.29 is 17.5 Å². The normalized spacial score (nSPS) is 11.7. The molecule has 0 atom stereocenters. The van der Waals surface area contributed by atoms with Gasteiger partial charge in [0, 0.05) is 24.1 Å². The minimum atomic E-state index is -3.90. The lowest BCUT2D eigenvalue weighted by Gasteiger charge is -2.03. The zero-order chi connectivity index (χ0) is 19.6. The predicted octanol–water partition coefficient (Wildman–Crippen LogP) is 3.97. The van der Waals surface area contributed by atoms with Crippen molar-refractivity contribution in [1.82, 2.24) is 4.98 Å². The average Bonchev–Trinajstić information content (AvgIpc) is 2.99. The summed E-state index contributed by atoms with van der Waals surface area (Å²) in [6.45, 7) is 6.79. The number of pyridine rings is 1. The first kappa shape index (κ1) is 19.7. The van der Waals surface area contributed by atoms with E-state index in [-0.39, 0.29) is 5.75 Å². The molecule has 0 fully saturated rings. The molecule has 3 rings (SSSR count). The van der Waals surface area contributed by atoms with Crippen molar-refractivity contribution in [3.63, 3.8) is 0 Å². The van der Waals surface area contributed by atoms with Gasteiger partial charge in [0.25, 0.3) is 10.1 Å². The lowest BCUT2D eigenvalue weighted by molar-refractivity contribution is -0.696. The van der Waals surface area contributed by atoms with Crippen LogP contribution in [0.3, 0.4) is 0 Å². The van der Waals surface area contributed by atoms with E-state index in [2.05, 4.69) is 32.0 Å². The lowest BCUT2D eigenvalue weighted by atomic mass is 10.0. The monoisotopic (exact) mass is 403 g/mol. The van der Waals surface area contributed by atoms with Crippen LogP contribution in [0.5, 0.6) is 0 Å². The Kier molecular flexibility index (Phi) is 5.74.